The fourth-order valence-corrected chi connectivity index (χ4v) is 1.28. The van der Waals surface area contributed by atoms with Crippen molar-refractivity contribution in [2.45, 2.75) is 19.4 Å². The molecule has 1 N–H and O–H groups in total. The molecule has 0 aromatic heterocycles. The van der Waals surface area contributed by atoms with E-state index in [1.807, 2.05) is 13.8 Å². The van der Waals surface area contributed by atoms with Crippen LogP contribution in [0, 0.1) is 0 Å². The summed E-state index contributed by atoms with van der Waals surface area (Å²) in [6.07, 6.45) is 0. The fraction of sp³-hybridized carbons (Fsp3) is 0.333. The second kappa shape index (κ2) is 4.45. The number of hydrogen-bond donors (Lipinski definition) is 1. The SMILES string of the molecule is COC(C)(C)c1cccc(C(=O)C(=O)O)c1. The first-order valence-electron chi connectivity index (χ1n) is 4.82. The van der Waals surface area contributed by atoms with E-state index in [0.29, 0.717) is 0 Å². The van der Waals surface area contributed by atoms with E-state index in [1.54, 1.807) is 25.3 Å². The molecule has 1 aromatic carbocycles. The number of Topliss-reactive ketones (excluding diaryl/α,β-unsaturated/α-hetero) is 1. The molecule has 4 heteroatoms. The van der Waals surface area contributed by atoms with Gasteiger partial charge in [0.05, 0.1) is 5.60 Å². The van der Waals surface area contributed by atoms with Gasteiger partial charge in [-0.05, 0) is 25.5 Å². The minimum atomic E-state index is -1.45. The number of carboxylic acid groups (broad SMARTS) is 1. The zero-order chi connectivity index (χ0) is 12.3. The number of hydrogen-bond acceptors (Lipinski definition) is 3. The third kappa shape index (κ3) is 2.46. The van der Waals surface area contributed by atoms with E-state index in [-0.39, 0.29) is 5.56 Å². The number of ether oxygens (including phenoxy) is 1. The van der Waals surface area contributed by atoms with E-state index >= 15 is 0 Å². The van der Waals surface area contributed by atoms with Gasteiger partial charge in [-0.15, -0.1) is 0 Å². The molecule has 1 rings (SSSR count). The topological polar surface area (TPSA) is 63.6 Å². The molecule has 0 fully saturated rings. The van der Waals surface area contributed by atoms with E-state index in [9.17, 15) is 9.59 Å². The van der Waals surface area contributed by atoms with Crippen LogP contribution in [0.2, 0.25) is 0 Å². The third-order valence-electron chi connectivity index (χ3n) is 2.52. The van der Waals surface area contributed by atoms with Crippen molar-refractivity contribution in [2.24, 2.45) is 0 Å². The van der Waals surface area contributed by atoms with Crippen LogP contribution in [-0.4, -0.2) is 24.0 Å². The molecule has 0 atom stereocenters. The van der Waals surface area contributed by atoms with Crippen LogP contribution in [0.15, 0.2) is 24.3 Å². The van der Waals surface area contributed by atoms with Gasteiger partial charge >= 0.3 is 5.97 Å². The Balaban J connectivity index is 3.14. The van der Waals surface area contributed by atoms with Crippen LogP contribution >= 0.6 is 0 Å². The quantitative estimate of drug-likeness (QED) is 0.623. The summed E-state index contributed by atoms with van der Waals surface area (Å²) in [5.74, 6) is -2.36. The zero-order valence-electron chi connectivity index (χ0n) is 9.48. The maximum Gasteiger partial charge on any atom is 0.377 e. The van der Waals surface area contributed by atoms with Crippen LogP contribution in [0.3, 0.4) is 0 Å². The molecular formula is C12H14O4. The summed E-state index contributed by atoms with van der Waals surface area (Å²) in [5, 5.41) is 8.61. The largest absolute Gasteiger partial charge is 0.475 e. The maximum atomic E-state index is 11.3. The zero-order valence-corrected chi connectivity index (χ0v) is 9.48. The van der Waals surface area contributed by atoms with E-state index < -0.39 is 17.4 Å². The molecule has 0 saturated heterocycles. The van der Waals surface area contributed by atoms with Gasteiger partial charge in [-0.1, -0.05) is 18.2 Å². The second-order valence-corrected chi connectivity index (χ2v) is 3.93. The lowest BCUT2D eigenvalue weighted by molar-refractivity contribution is -0.131. The summed E-state index contributed by atoms with van der Waals surface area (Å²) in [4.78, 5) is 21.8. The van der Waals surface area contributed by atoms with Crippen LogP contribution in [0.4, 0.5) is 0 Å². The lowest BCUT2D eigenvalue weighted by Gasteiger charge is -2.23. The highest BCUT2D eigenvalue weighted by Gasteiger charge is 2.22. The van der Waals surface area contributed by atoms with Crippen molar-refractivity contribution in [3.63, 3.8) is 0 Å². The van der Waals surface area contributed by atoms with E-state index in [4.69, 9.17) is 9.84 Å². The van der Waals surface area contributed by atoms with Crippen molar-refractivity contribution in [2.75, 3.05) is 7.11 Å². The summed E-state index contributed by atoms with van der Waals surface area (Å²) in [6.45, 7) is 3.69. The Kier molecular flexibility index (Phi) is 3.44. The van der Waals surface area contributed by atoms with E-state index in [0.717, 1.165) is 5.56 Å². The molecule has 0 bridgehead atoms. The smallest absolute Gasteiger partial charge is 0.377 e. The molecule has 0 saturated carbocycles. The van der Waals surface area contributed by atoms with Gasteiger partial charge in [-0.25, -0.2) is 4.79 Å². The number of methoxy groups -OCH3 is 1. The average Bonchev–Trinajstić information content (AvgIpc) is 2.28. The molecule has 1 aromatic rings. The minimum Gasteiger partial charge on any atom is -0.475 e. The van der Waals surface area contributed by atoms with Gasteiger partial charge in [0.15, 0.2) is 0 Å². The summed E-state index contributed by atoms with van der Waals surface area (Å²) in [7, 11) is 1.56. The first-order chi connectivity index (χ1) is 7.38. The van der Waals surface area contributed by atoms with Crippen LogP contribution < -0.4 is 0 Å². The fourth-order valence-electron chi connectivity index (χ4n) is 1.28. The molecule has 0 aliphatic heterocycles. The third-order valence-corrected chi connectivity index (χ3v) is 2.52. The van der Waals surface area contributed by atoms with Crippen molar-refractivity contribution < 1.29 is 19.4 Å². The molecule has 0 aliphatic carbocycles. The summed E-state index contributed by atoms with van der Waals surface area (Å²) >= 11 is 0. The van der Waals surface area contributed by atoms with Crippen molar-refractivity contribution >= 4 is 11.8 Å². The Hall–Kier alpha value is -1.68. The van der Waals surface area contributed by atoms with Gasteiger partial charge in [-0.3, -0.25) is 4.79 Å². The number of carbonyl (C=O) groups excluding carboxylic acids is 1. The molecule has 0 unspecified atom stereocenters. The Morgan fingerprint density at radius 3 is 2.44 bits per heavy atom. The number of carboxylic acids is 1. The minimum absolute atomic E-state index is 0.162. The first kappa shape index (κ1) is 12.4. The Bertz CT molecular complexity index is 421. The van der Waals surface area contributed by atoms with Crippen molar-refractivity contribution in [1.82, 2.24) is 0 Å². The lowest BCUT2D eigenvalue weighted by Crippen LogP contribution is -2.20. The molecule has 0 aliphatic rings. The van der Waals surface area contributed by atoms with Crippen LogP contribution in [0.1, 0.15) is 29.8 Å². The molecule has 0 spiro atoms. The van der Waals surface area contributed by atoms with Crippen molar-refractivity contribution in [1.29, 1.82) is 0 Å². The predicted octanol–water partition coefficient (Wildman–Crippen LogP) is 1.84. The van der Waals surface area contributed by atoms with Gasteiger partial charge in [-0.2, -0.15) is 0 Å². The van der Waals surface area contributed by atoms with Crippen LogP contribution in [-0.2, 0) is 15.1 Å². The Morgan fingerprint density at radius 1 is 1.31 bits per heavy atom. The lowest BCUT2D eigenvalue weighted by atomic mass is 9.95. The van der Waals surface area contributed by atoms with Gasteiger partial charge in [0.1, 0.15) is 0 Å². The summed E-state index contributed by atoms with van der Waals surface area (Å²) in [5.41, 5.74) is 0.381. The summed E-state index contributed by atoms with van der Waals surface area (Å²) in [6, 6.07) is 6.46. The Morgan fingerprint density at radius 2 is 1.94 bits per heavy atom. The Labute approximate surface area is 93.9 Å². The number of carbonyl (C=O) groups is 2. The van der Waals surface area contributed by atoms with Gasteiger partial charge < -0.3 is 9.84 Å². The molecular weight excluding hydrogens is 208 g/mol. The molecule has 0 heterocycles. The van der Waals surface area contributed by atoms with Gasteiger partial charge in [0, 0.05) is 12.7 Å². The highest BCUT2D eigenvalue weighted by Crippen LogP contribution is 2.24. The van der Waals surface area contributed by atoms with Crippen LogP contribution in [0.5, 0.6) is 0 Å². The number of ketones is 1. The summed E-state index contributed by atoms with van der Waals surface area (Å²) < 4.78 is 5.26. The number of aliphatic carboxylic acids is 1. The molecule has 86 valence electrons. The molecule has 4 nitrogen and oxygen atoms in total. The molecule has 0 radical (unpaired) electrons. The highest BCUT2D eigenvalue weighted by atomic mass is 16.5. The van der Waals surface area contributed by atoms with Gasteiger partial charge in [0.2, 0.25) is 0 Å². The maximum absolute atomic E-state index is 11.3. The number of benzene rings is 1. The first-order valence-corrected chi connectivity index (χ1v) is 4.82. The number of rotatable bonds is 4. The van der Waals surface area contributed by atoms with E-state index in [1.165, 1.54) is 6.07 Å². The highest BCUT2D eigenvalue weighted by molar-refractivity contribution is 6.39. The normalized spacial score (nSPS) is 11.2. The predicted molar refractivity (Wildman–Crippen MR) is 58.4 cm³/mol. The van der Waals surface area contributed by atoms with Crippen molar-refractivity contribution in [3.8, 4) is 0 Å². The standard InChI is InChI=1S/C12H14O4/c1-12(2,16-3)9-6-4-5-8(7-9)10(13)11(14)15/h4-7H,1-3H3,(H,14,15). The van der Waals surface area contributed by atoms with Gasteiger partial charge in [0.25, 0.3) is 5.78 Å². The monoisotopic (exact) mass is 222 g/mol. The second-order valence-electron chi connectivity index (χ2n) is 3.93. The average molecular weight is 222 g/mol. The molecule has 0 amide bonds. The van der Waals surface area contributed by atoms with Crippen molar-refractivity contribution in [3.05, 3.63) is 35.4 Å². The van der Waals surface area contributed by atoms with E-state index in [2.05, 4.69) is 0 Å². The van der Waals surface area contributed by atoms with Crippen LogP contribution in [0.25, 0.3) is 0 Å². The molecule has 16 heavy (non-hydrogen) atoms.